The van der Waals surface area contributed by atoms with Crippen molar-refractivity contribution in [3.8, 4) is 11.5 Å². The molecule has 130 valence electrons. The van der Waals surface area contributed by atoms with E-state index in [1.165, 1.54) is 24.8 Å². The lowest BCUT2D eigenvalue weighted by Gasteiger charge is -2.50. The summed E-state index contributed by atoms with van der Waals surface area (Å²) in [7, 11) is 0. The second-order valence-corrected chi connectivity index (χ2v) is 8.97. The molecule has 2 aliphatic carbocycles. The van der Waals surface area contributed by atoms with Crippen LogP contribution in [0, 0.1) is 11.3 Å². The molecule has 2 unspecified atom stereocenters. The maximum absolute atomic E-state index is 10.1. The fraction of sp³-hybridized carbons (Fsp3) is 0.619. The van der Waals surface area contributed by atoms with Crippen molar-refractivity contribution in [2.45, 2.75) is 71.1 Å². The van der Waals surface area contributed by atoms with Crippen LogP contribution in [0.15, 0.2) is 16.5 Å². The minimum absolute atomic E-state index is 0.0572. The van der Waals surface area contributed by atoms with Crippen LogP contribution in [0.1, 0.15) is 77.0 Å². The summed E-state index contributed by atoms with van der Waals surface area (Å²) < 4.78 is 6.23. The molecule has 0 bridgehead atoms. The van der Waals surface area contributed by atoms with Gasteiger partial charge in [-0.3, -0.25) is 0 Å². The number of furan rings is 1. The number of fused-ring (bicyclic) bond motifs is 5. The van der Waals surface area contributed by atoms with Crippen LogP contribution in [0.5, 0.6) is 11.5 Å². The lowest BCUT2D eigenvalue weighted by atomic mass is 9.53. The molecule has 1 aromatic heterocycles. The molecule has 1 heterocycles. The number of hydrogen-bond donors (Lipinski definition) is 2. The Kier molecular flexibility index (Phi) is 3.26. The van der Waals surface area contributed by atoms with Crippen molar-refractivity contribution in [3.63, 3.8) is 0 Å². The molecular weight excluding hydrogens is 300 g/mol. The SMILES string of the molecule is CC1CC[C@H]2C(C)(C)CCCC2(C)c2c1oc1cc(O)c(O)cc21. The lowest BCUT2D eigenvalue weighted by Crippen LogP contribution is -2.44. The molecule has 0 spiro atoms. The Hall–Kier alpha value is -1.64. The molecule has 2 N–H and O–H groups in total. The second-order valence-electron chi connectivity index (χ2n) is 8.97. The van der Waals surface area contributed by atoms with Crippen molar-refractivity contribution in [1.29, 1.82) is 0 Å². The average molecular weight is 328 g/mol. The van der Waals surface area contributed by atoms with Gasteiger partial charge < -0.3 is 14.6 Å². The summed E-state index contributed by atoms with van der Waals surface area (Å²) >= 11 is 0. The summed E-state index contributed by atoms with van der Waals surface area (Å²) in [5, 5.41) is 20.9. The Morgan fingerprint density at radius 2 is 1.75 bits per heavy atom. The van der Waals surface area contributed by atoms with E-state index >= 15 is 0 Å². The van der Waals surface area contributed by atoms with Crippen LogP contribution in [0.2, 0.25) is 0 Å². The van der Waals surface area contributed by atoms with Crippen molar-refractivity contribution < 1.29 is 14.6 Å². The van der Waals surface area contributed by atoms with Gasteiger partial charge in [0.1, 0.15) is 11.3 Å². The summed E-state index contributed by atoms with van der Waals surface area (Å²) in [6.07, 6.45) is 6.02. The quantitative estimate of drug-likeness (QED) is 0.599. The molecule has 3 heteroatoms. The lowest BCUT2D eigenvalue weighted by molar-refractivity contribution is 0.0504. The number of phenols is 2. The van der Waals surface area contributed by atoms with Crippen LogP contribution < -0.4 is 0 Å². The fourth-order valence-corrected chi connectivity index (χ4v) is 5.75. The van der Waals surface area contributed by atoms with Gasteiger partial charge in [0.25, 0.3) is 0 Å². The predicted molar refractivity (Wildman–Crippen MR) is 95.7 cm³/mol. The summed E-state index contributed by atoms with van der Waals surface area (Å²) in [6.45, 7) is 9.47. The third-order valence-corrected chi connectivity index (χ3v) is 6.95. The minimum atomic E-state index is -0.107. The second kappa shape index (κ2) is 4.93. The van der Waals surface area contributed by atoms with E-state index in [1.807, 2.05) is 0 Å². The van der Waals surface area contributed by atoms with E-state index in [4.69, 9.17) is 4.42 Å². The van der Waals surface area contributed by atoms with Gasteiger partial charge in [-0.1, -0.05) is 34.1 Å². The molecule has 0 saturated heterocycles. The Morgan fingerprint density at radius 3 is 2.50 bits per heavy atom. The van der Waals surface area contributed by atoms with Gasteiger partial charge in [0.05, 0.1) is 0 Å². The first-order chi connectivity index (χ1) is 11.2. The fourth-order valence-electron chi connectivity index (χ4n) is 5.75. The van der Waals surface area contributed by atoms with Gasteiger partial charge in [0, 0.05) is 22.9 Å². The number of rotatable bonds is 0. The van der Waals surface area contributed by atoms with Crippen molar-refractivity contribution >= 4 is 11.0 Å². The molecule has 1 fully saturated rings. The molecule has 2 aromatic rings. The van der Waals surface area contributed by atoms with Gasteiger partial charge in [-0.25, -0.2) is 0 Å². The van der Waals surface area contributed by atoms with Gasteiger partial charge in [-0.2, -0.15) is 0 Å². The minimum Gasteiger partial charge on any atom is -0.504 e. The summed E-state index contributed by atoms with van der Waals surface area (Å²) in [4.78, 5) is 0. The number of benzene rings is 1. The third-order valence-electron chi connectivity index (χ3n) is 6.95. The van der Waals surface area contributed by atoms with Crippen molar-refractivity contribution in [3.05, 3.63) is 23.5 Å². The molecule has 0 amide bonds. The first-order valence-electron chi connectivity index (χ1n) is 9.23. The number of phenolic OH excluding ortho intramolecular Hbond substituents is 2. The highest BCUT2D eigenvalue weighted by Crippen LogP contribution is 2.59. The molecule has 3 atom stereocenters. The van der Waals surface area contributed by atoms with E-state index in [9.17, 15) is 10.2 Å². The van der Waals surface area contributed by atoms with Crippen LogP contribution in [0.25, 0.3) is 11.0 Å². The third kappa shape index (κ3) is 2.03. The summed E-state index contributed by atoms with van der Waals surface area (Å²) in [6, 6.07) is 3.27. The first-order valence-corrected chi connectivity index (χ1v) is 9.23. The number of aromatic hydroxyl groups is 2. The standard InChI is InChI=1S/C21H28O3/c1-12-6-7-17-20(2,3)8-5-9-21(17,4)18-13-10-14(22)15(23)11-16(13)24-19(12)18/h10-12,17,22-23H,5-9H2,1-4H3/t12?,17-,21?/m0/s1. The molecule has 0 radical (unpaired) electrons. The van der Waals surface area contributed by atoms with E-state index in [0.717, 1.165) is 24.0 Å². The normalized spacial score (nSPS) is 32.2. The van der Waals surface area contributed by atoms with Crippen LogP contribution in [0.3, 0.4) is 0 Å². The van der Waals surface area contributed by atoms with E-state index in [0.29, 0.717) is 22.8 Å². The highest BCUT2D eigenvalue weighted by Gasteiger charge is 2.51. The Labute approximate surface area is 143 Å². The average Bonchev–Trinajstić information content (AvgIpc) is 2.80. The van der Waals surface area contributed by atoms with Crippen LogP contribution in [-0.4, -0.2) is 10.2 Å². The zero-order valence-electron chi connectivity index (χ0n) is 15.1. The smallest absolute Gasteiger partial charge is 0.161 e. The first kappa shape index (κ1) is 15.9. The topological polar surface area (TPSA) is 53.6 Å². The molecule has 24 heavy (non-hydrogen) atoms. The molecule has 0 aliphatic heterocycles. The van der Waals surface area contributed by atoms with E-state index in [2.05, 4.69) is 27.7 Å². The van der Waals surface area contributed by atoms with E-state index in [1.54, 1.807) is 12.1 Å². The largest absolute Gasteiger partial charge is 0.504 e. The monoisotopic (exact) mass is 328 g/mol. The Bertz CT molecular complexity index is 801. The zero-order chi connectivity index (χ0) is 17.3. The summed E-state index contributed by atoms with van der Waals surface area (Å²) in [5.74, 6) is 1.88. The van der Waals surface area contributed by atoms with Crippen molar-refractivity contribution in [2.24, 2.45) is 11.3 Å². The Morgan fingerprint density at radius 1 is 1.04 bits per heavy atom. The van der Waals surface area contributed by atoms with Crippen molar-refractivity contribution in [1.82, 2.24) is 0 Å². The molecule has 2 aliphatic rings. The maximum atomic E-state index is 10.1. The molecule has 3 nitrogen and oxygen atoms in total. The maximum Gasteiger partial charge on any atom is 0.161 e. The van der Waals surface area contributed by atoms with E-state index < -0.39 is 0 Å². The highest BCUT2D eigenvalue weighted by molar-refractivity contribution is 5.87. The molecule has 1 aromatic carbocycles. The zero-order valence-corrected chi connectivity index (χ0v) is 15.1. The van der Waals surface area contributed by atoms with Gasteiger partial charge in [-0.05, 0) is 48.5 Å². The van der Waals surface area contributed by atoms with Crippen molar-refractivity contribution in [2.75, 3.05) is 0 Å². The molecule has 4 rings (SSSR count). The van der Waals surface area contributed by atoms with Gasteiger partial charge in [-0.15, -0.1) is 0 Å². The van der Waals surface area contributed by atoms with Crippen LogP contribution in [-0.2, 0) is 5.41 Å². The van der Waals surface area contributed by atoms with Gasteiger partial charge in [0.15, 0.2) is 11.5 Å². The van der Waals surface area contributed by atoms with E-state index in [-0.39, 0.29) is 16.9 Å². The summed E-state index contributed by atoms with van der Waals surface area (Å²) in [5.41, 5.74) is 2.37. The highest BCUT2D eigenvalue weighted by atomic mass is 16.3. The van der Waals surface area contributed by atoms with Gasteiger partial charge in [0.2, 0.25) is 0 Å². The number of hydrogen-bond acceptors (Lipinski definition) is 3. The Balaban J connectivity index is 2.03. The van der Waals surface area contributed by atoms with Gasteiger partial charge >= 0.3 is 0 Å². The predicted octanol–water partition coefficient (Wildman–Crippen LogP) is 5.83. The molecular formula is C21H28O3. The molecule has 1 saturated carbocycles. The van der Waals surface area contributed by atoms with Crippen LogP contribution in [0.4, 0.5) is 0 Å². The van der Waals surface area contributed by atoms with Crippen LogP contribution >= 0.6 is 0 Å².